The van der Waals surface area contributed by atoms with Crippen LogP contribution in [0.15, 0.2) is 0 Å². The summed E-state index contributed by atoms with van der Waals surface area (Å²) in [7, 11) is -2.91. The summed E-state index contributed by atoms with van der Waals surface area (Å²) < 4.78 is 27.2. The van der Waals surface area contributed by atoms with Crippen molar-refractivity contribution in [3.05, 3.63) is 0 Å². The summed E-state index contributed by atoms with van der Waals surface area (Å²) in [6, 6.07) is 0.172. The molecule has 0 rings (SSSR count). The minimum Gasteiger partial charge on any atom is -0.465 e. The molecule has 120 valence electrons. The predicted molar refractivity (Wildman–Crippen MR) is 85.0 cm³/mol. The fraction of sp³-hybridized carbons (Fsp3) is 0.923. The Labute approximate surface area is 127 Å². The van der Waals surface area contributed by atoms with Crippen LogP contribution in [0.1, 0.15) is 34.1 Å². The first kappa shape index (κ1) is 19.7. The zero-order valence-corrected chi connectivity index (χ0v) is 14.7. The van der Waals surface area contributed by atoms with E-state index in [0.717, 1.165) is 0 Å². The van der Waals surface area contributed by atoms with E-state index < -0.39 is 15.4 Å². The van der Waals surface area contributed by atoms with E-state index in [1.54, 1.807) is 18.7 Å². The largest absolute Gasteiger partial charge is 0.465 e. The van der Waals surface area contributed by atoms with Gasteiger partial charge in [0, 0.05) is 18.1 Å². The first-order valence-corrected chi connectivity index (χ1v) is 10.0. The van der Waals surface area contributed by atoms with Gasteiger partial charge in [-0.2, -0.15) is 11.8 Å². The van der Waals surface area contributed by atoms with Crippen molar-refractivity contribution in [2.24, 2.45) is 0 Å². The van der Waals surface area contributed by atoms with Gasteiger partial charge in [-0.05, 0) is 39.9 Å². The maximum absolute atomic E-state index is 12.0. The molecule has 0 aliphatic carbocycles. The van der Waals surface area contributed by atoms with Crippen LogP contribution in [0.25, 0.3) is 0 Å². The Hall–Kier alpha value is -0.270. The van der Waals surface area contributed by atoms with E-state index in [0.29, 0.717) is 24.5 Å². The molecule has 0 saturated carbocycles. The molecular weight excluding hydrogens is 298 g/mol. The van der Waals surface area contributed by atoms with Gasteiger partial charge in [0.25, 0.3) is 0 Å². The molecule has 0 aliphatic rings. The van der Waals surface area contributed by atoms with Gasteiger partial charge in [0.05, 0.1) is 12.4 Å². The quantitative estimate of drug-likeness (QED) is 0.484. The SMILES string of the molecule is CCOC(=O)C(C)(CCSCCS(C)(=O)=O)NC(C)C. The maximum Gasteiger partial charge on any atom is 0.326 e. The van der Waals surface area contributed by atoms with E-state index in [4.69, 9.17) is 4.74 Å². The van der Waals surface area contributed by atoms with Crippen molar-refractivity contribution in [3.63, 3.8) is 0 Å². The molecule has 0 heterocycles. The molecule has 0 bridgehead atoms. The number of sulfone groups is 1. The molecule has 1 atom stereocenters. The molecule has 0 aromatic carbocycles. The van der Waals surface area contributed by atoms with Crippen LogP contribution in [-0.4, -0.2) is 56.1 Å². The van der Waals surface area contributed by atoms with Gasteiger partial charge in [0.2, 0.25) is 0 Å². The second kappa shape index (κ2) is 8.89. The fourth-order valence-electron chi connectivity index (χ4n) is 1.75. The van der Waals surface area contributed by atoms with E-state index >= 15 is 0 Å². The van der Waals surface area contributed by atoms with Gasteiger partial charge < -0.3 is 4.74 Å². The number of nitrogens with one attached hydrogen (secondary N) is 1. The molecule has 0 aromatic rings. The molecule has 0 aliphatic heterocycles. The lowest BCUT2D eigenvalue weighted by atomic mass is 9.98. The van der Waals surface area contributed by atoms with Crippen molar-refractivity contribution in [2.75, 3.05) is 30.1 Å². The predicted octanol–water partition coefficient (Wildman–Crippen LogP) is 1.47. The Morgan fingerprint density at radius 2 is 1.95 bits per heavy atom. The highest BCUT2D eigenvalue weighted by Gasteiger charge is 2.34. The number of carbonyl (C=O) groups excluding carboxylic acids is 1. The van der Waals surface area contributed by atoms with Crippen LogP contribution in [0, 0.1) is 0 Å². The lowest BCUT2D eigenvalue weighted by Crippen LogP contribution is -2.53. The Morgan fingerprint density at radius 1 is 1.35 bits per heavy atom. The number of hydrogen-bond donors (Lipinski definition) is 1. The van der Waals surface area contributed by atoms with E-state index in [1.807, 2.05) is 20.8 Å². The molecule has 0 radical (unpaired) electrons. The summed E-state index contributed by atoms with van der Waals surface area (Å²) in [5.41, 5.74) is -0.720. The minimum absolute atomic E-state index is 0.172. The standard InChI is InChI=1S/C13H27NO4S2/c1-6-18-12(15)13(4,14-11(2)3)7-8-19-9-10-20(5,16)17/h11,14H,6-10H2,1-5H3. The second-order valence-corrected chi connectivity index (χ2v) is 8.83. The minimum atomic E-state index is -2.91. The monoisotopic (exact) mass is 325 g/mol. The maximum atomic E-state index is 12.0. The van der Waals surface area contributed by atoms with Crippen molar-refractivity contribution >= 4 is 27.6 Å². The van der Waals surface area contributed by atoms with E-state index in [2.05, 4.69) is 5.32 Å². The first-order chi connectivity index (χ1) is 9.10. The summed E-state index contributed by atoms with van der Waals surface area (Å²) in [6.45, 7) is 7.94. The average Bonchev–Trinajstić information content (AvgIpc) is 2.26. The molecule has 1 unspecified atom stereocenters. The Balaban J connectivity index is 4.33. The van der Waals surface area contributed by atoms with Crippen LogP contribution in [0.2, 0.25) is 0 Å². The van der Waals surface area contributed by atoms with Crippen molar-refractivity contribution in [2.45, 2.75) is 45.7 Å². The van der Waals surface area contributed by atoms with Gasteiger partial charge in [-0.25, -0.2) is 8.42 Å². The number of thioether (sulfide) groups is 1. The second-order valence-electron chi connectivity index (χ2n) is 5.34. The van der Waals surface area contributed by atoms with Crippen LogP contribution in [-0.2, 0) is 19.4 Å². The number of carbonyl (C=O) groups is 1. The topological polar surface area (TPSA) is 72.5 Å². The highest BCUT2D eigenvalue weighted by Crippen LogP contribution is 2.17. The smallest absolute Gasteiger partial charge is 0.326 e. The third-order valence-electron chi connectivity index (χ3n) is 2.68. The molecule has 0 saturated heterocycles. The van der Waals surface area contributed by atoms with Crippen molar-refractivity contribution < 1.29 is 17.9 Å². The van der Waals surface area contributed by atoms with Crippen LogP contribution in [0.3, 0.4) is 0 Å². The summed E-state index contributed by atoms with van der Waals surface area (Å²) in [5.74, 6) is 1.19. The molecule has 0 aromatic heterocycles. The van der Waals surface area contributed by atoms with Gasteiger partial charge in [0.1, 0.15) is 15.4 Å². The van der Waals surface area contributed by atoms with Crippen LogP contribution >= 0.6 is 11.8 Å². The summed E-state index contributed by atoms with van der Waals surface area (Å²) in [6.07, 6.45) is 1.84. The zero-order valence-electron chi connectivity index (χ0n) is 13.1. The average molecular weight is 325 g/mol. The van der Waals surface area contributed by atoms with Gasteiger partial charge >= 0.3 is 5.97 Å². The molecule has 1 N–H and O–H groups in total. The van der Waals surface area contributed by atoms with Gasteiger partial charge in [-0.1, -0.05) is 0 Å². The summed E-state index contributed by atoms with van der Waals surface area (Å²) in [5, 5.41) is 3.24. The number of hydrogen-bond acceptors (Lipinski definition) is 6. The molecule has 5 nitrogen and oxygen atoms in total. The van der Waals surface area contributed by atoms with Gasteiger partial charge in [0.15, 0.2) is 0 Å². The lowest BCUT2D eigenvalue weighted by molar-refractivity contribution is -0.150. The van der Waals surface area contributed by atoms with Crippen LogP contribution in [0.5, 0.6) is 0 Å². The van der Waals surface area contributed by atoms with E-state index in [-0.39, 0.29) is 17.8 Å². The van der Waals surface area contributed by atoms with E-state index in [1.165, 1.54) is 6.26 Å². The number of ether oxygens (including phenoxy) is 1. The first-order valence-electron chi connectivity index (χ1n) is 6.81. The van der Waals surface area contributed by atoms with Gasteiger partial charge in [-0.3, -0.25) is 10.1 Å². The molecule has 0 spiro atoms. The molecular formula is C13H27NO4S2. The summed E-state index contributed by atoms with van der Waals surface area (Å²) in [4.78, 5) is 12.0. The fourth-order valence-corrected chi connectivity index (χ4v) is 4.19. The number of esters is 1. The van der Waals surface area contributed by atoms with Crippen molar-refractivity contribution in [1.29, 1.82) is 0 Å². The molecule has 0 fully saturated rings. The van der Waals surface area contributed by atoms with Crippen molar-refractivity contribution in [3.8, 4) is 0 Å². The normalized spacial score (nSPS) is 15.1. The Bertz CT molecular complexity index is 395. The molecule has 20 heavy (non-hydrogen) atoms. The Kier molecular flexibility index (Phi) is 8.77. The number of rotatable bonds is 10. The summed E-state index contributed by atoms with van der Waals surface area (Å²) >= 11 is 1.54. The third-order valence-corrected chi connectivity index (χ3v) is 4.87. The van der Waals surface area contributed by atoms with Crippen molar-refractivity contribution in [1.82, 2.24) is 5.32 Å². The third kappa shape index (κ3) is 8.81. The highest BCUT2D eigenvalue weighted by molar-refractivity contribution is 8.00. The molecule has 0 amide bonds. The van der Waals surface area contributed by atoms with E-state index in [9.17, 15) is 13.2 Å². The van der Waals surface area contributed by atoms with Gasteiger partial charge in [-0.15, -0.1) is 0 Å². The highest BCUT2D eigenvalue weighted by atomic mass is 32.2. The zero-order chi connectivity index (χ0) is 15.8. The molecule has 7 heteroatoms. The lowest BCUT2D eigenvalue weighted by Gasteiger charge is -2.30. The van der Waals surface area contributed by atoms with Crippen LogP contribution in [0.4, 0.5) is 0 Å². The Morgan fingerprint density at radius 3 is 2.40 bits per heavy atom. The van der Waals surface area contributed by atoms with Crippen LogP contribution < -0.4 is 5.32 Å².